The molecule has 1 fully saturated rings. The summed E-state index contributed by atoms with van der Waals surface area (Å²) in [5, 5.41) is 3.35. The maximum absolute atomic E-state index is 5.85. The first kappa shape index (κ1) is 10.9. The highest BCUT2D eigenvalue weighted by atomic mass is 79.9. The summed E-state index contributed by atoms with van der Waals surface area (Å²) in [7, 11) is 0. The maximum atomic E-state index is 5.85. The van der Waals surface area contributed by atoms with Gasteiger partial charge in [-0.25, -0.2) is 0 Å². The van der Waals surface area contributed by atoms with Gasteiger partial charge in [-0.3, -0.25) is 4.90 Å². The molecule has 82 valence electrons. The van der Waals surface area contributed by atoms with Crippen molar-refractivity contribution in [3.8, 4) is 0 Å². The molecule has 1 heterocycles. The van der Waals surface area contributed by atoms with Crippen LogP contribution in [0.3, 0.4) is 0 Å². The molecule has 0 saturated carbocycles. The number of nitrogens with zero attached hydrogens (tertiary/aromatic N) is 1. The summed E-state index contributed by atoms with van der Waals surface area (Å²) in [6.07, 6.45) is 0. The fraction of sp³-hybridized carbons (Fsp3) is 0.455. The first-order valence-electron chi connectivity index (χ1n) is 5.23. The van der Waals surface area contributed by atoms with Crippen LogP contribution in [-0.2, 0) is 6.54 Å². The van der Waals surface area contributed by atoms with Gasteiger partial charge in [0.2, 0.25) is 0 Å². The van der Waals surface area contributed by atoms with E-state index in [9.17, 15) is 0 Å². The number of nitrogens with one attached hydrogen (secondary N) is 1. The summed E-state index contributed by atoms with van der Waals surface area (Å²) < 4.78 is 0.978. The molecule has 4 heteroatoms. The third-order valence-corrected chi connectivity index (χ3v) is 3.40. The summed E-state index contributed by atoms with van der Waals surface area (Å²) in [5.41, 5.74) is 7.96. The van der Waals surface area contributed by atoms with Crippen molar-refractivity contribution in [3.05, 3.63) is 28.2 Å². The lowest BCUT2D eigenvalue weighted by molar-refractivity contribution is 0.233. The Balaban J connectivity index is 2.00. The standard InChI is InChI=1S/C11H16BrN3/c12-10-2-1-9(7-11(10)13)8-15-5-3-14-4-6-15/h1-2,7,14H,3-6,8,13H2. The maximum Gasteiger partial charge on any atom is 0.0461 e. The molecule has 1 aliphatic rings. The monoisotopic (exact) mass is 269 g/mol. The van der Waals surface area contributed by atoms with Crippen molar-refractivity contribution in [3.63, 3.8) is 0 Å². The molecule has 1 aromatic rings. The van der Waals surface area contributed by atoms with Crippen LogP contribution in [0.2, 0.25) is 0 Å². The SMILES string of the molecule is Nc1cc(CN2CCNCC2)ccc1Br. The zero-order chi connectivity index (χ0) is 10.7. The highest BCUT2D eigenvalue weighted by Crippen LogP contribution is 2.21. The molecule has 15 heavy (non-hydrogen) atoms. The molecule has 0 atom stereocenters. The second-order valence-electron chi connectivity index (χ2n) is 3.88. The minimum absolute atomic E-state index is 0.822. The number of nitrogens with two attached hydrogens (primary N) is 1. The number of anilines is 1. The number of rotatable bonds is 2. The molecule has 0 amide bonds. The predicted molar refractivity (Wildman–Crippen MR) is 66.7 cm³/mol. The van der Waals surface area contributed by atoms with Gasteiger partial charge in [-0.05, 0) is 33.6 Å². The van der Waals surface area contributed by atoms with Crippen LogP contribution >= 0.6 is 15.9 Å². The van der Waals surface area contributed by atoms with Gasteiger partial charge >= 0.3 is 0 Å². The zero-order valence-electron chi connectivity index (χ0n) is 8.67. The number of piperazine rings is 1. The molecule has 0 unspecified atom stereocenters. The Morgan fingerprint density at radius 2 is 2.07 bits per heavy atom. The van der Waals surface area contributed by atoms with Gasteiger partial charge in [0, 0.05) is 42.9 Å². The molecule has 0 spiro atoms. The molecule has 1 aliphatic heterocycles. The van der Waals surface area contributed by atoms with Crippen LogP contribution in [0.4, 0.5) is 5.69 Å². The molecular weight excluding hydrogens is 254 g/mol. The van der Waals surface area contributed by atoms with Gasteiger partial charge in [0.05, 0.1) is 0 Å². The Hall–Kier alpha value is -0.580. The van der Waals surface area contributed by atoms with E-state index in [-0.39, 0.29) is 0 Å². The lowest BCUT2D eigenvalue weighted by atomic mass is 10.2. The average Bonchev–Trinajstić information content (AvgIpc) is 2.25. The number of hydrogen-bond donors (Lipinski definition) is 2. The minimum Gasteiger partial charge on any atom is -0.398 e. The molecule has 3 nitrogen and oxygen atoms in total. The Morgan fingerprint density at radius 1 is 1.33 bits per heavy atom. The van der Waals surface area contributed by atoms with Crippen LogP contribution in [0, 0.1) is 0 Å². The topological polar surface area (TPSA) is 41.3 Å². The van der Waals surface area contributed by atoms with E-state index in [0.717, 1.165) is 42.9 Å². The fourth-order valence-corrected chi connectivity index (χ4v) is 2.07. The number of nitrogen functional groups attached to an aromatic ring is 1. The summed E-state index contributed by atoms with van der Waals surface area (Å²) in [4.78, 5) is 2.44. The minimum atomic E-state index is 0.822. The molecule has 3 N–H and O–H groups in total. The van der Waals surface area contributed by atoms with E-state index >= 15 is 0 Å². The normalized spacial score (nSPS) is 17.9. The molecule has 1 saturated heterocycles. The lowest BCUT2D eigenvalue weighted by Gasteiger charge is -2.27. The molecule has 0 bridgehead atoms. The van der Waals surface area contributed by atoms with Gasteiger partial charge < -0.3 is 11.1 Å². The second-order valence-corrected chi connectivity index (χ2v) is 4.74. The van der Waals surface area contributed by atoms with Gasteiger partial charge in [0.15, 0.2) is 0 Å². The first-order chi connectivity index (χ1) is 7.25. The third-order valence-electron chi connectivity index (χ3n) is 2.68. The Kier molecular flexibility index (Phi) is 3.61. The highest BCUT2D eigenvalue weighted by Gasteiger charge is 2.10. The van der Waals surface area contributed by atoms with Crippen molar-refractivity contribution in [1.82, 2.24) is 10.2 Å². The van der Waals surface area contributed by atoms with E-state index in [0.29, 0.717) is 0 Å². The van der Waals surface area contributed by atoms with Crippen molar-refractivity contribution in [2.24, 2.45) is 0 Å². The van der Waals surface area contributed by atoms with Crippen LogP contribution < -0.4 is 11.1 Å². The third kappa shape index (κ3) is 2.93. The van der Waals surface area contributed by atoms with Gasteiger partial charge in [-0.15, -0.1) is 0 Å². The van der Waals surface area contributed by atoms with Crippen molar-refractivity contribution in [1.29, 1.82) is 0 Å². The molecular formula is C11H16BrN3. The largest absolute Gasteiger partial charge is 0.398 e. The lowest BCUT2D eigenvalue weighted by Crippen LogP contribution is -2.42. The van der Waals surface area contributed by atoms with Crippen molar-refractivity contribution >= 4 is 21.6 Å². The van der Waals surface area contributed by atoms with E-state index in [1.807, 2.05) is 12.1 Å². The molecule has 1 aromatic carbocycles. The van der Waals surface area contributed by atoms with Crippen molar-refractivity contribution in [2.45, 2.75) is 6.54 Å². The summed E-state index contributed by atoms with van der Waals surface area (Å²) >= 11 is 3.41. The second kappa shape index (κ2) is 4.96. The van der Waals surface area contributed by atoms with Crippen LogP contribution in [0.25, 0.3) is 0 Å². The van der Waals surface area contributed by atoms with E-state index in [1.165, 1.54) is 5.56 Å². The van der Waals surface area contributed by atoms with E-state index < -0.39 is 0 Å². The Bertz CT molecular complexity index is 335. The quantitative estimate of drug-likeness (QED) is 0.799. The van der Waals surface area contributed by atoms with Crippen LogP contribution in [0.5, 0.6) is 0 Å². The first-order valence-corrected chi connectivity index (χ1v) is 6.02. The van der Waals surface area contributed by atoms with Crippen LogP contribution in [-0.4, -0.2) is 31.1 Å². The molecule has 0 radical (unpaired) electrons. The smallest absolute Gasteiger partial charge is 0.0461 e. The Labute approximate surface area is 98.8 Å². The average molecular weight is 270 g/mol. The molecule has 0 aliphatic carbocycles. The zero-order valence-corrected chi connectivity index (χ0v) is 10.3. The molecule has 2 rings (SSSR count). The van der Waals surface area contributed by atoms with Gasteiger partial charge in [0.25, 0.3) is 0 Å². The van der Waals surface area contributed by atoms with E-state index in [4.69, 9.17) is 5.73 Å². The summed E-state index contributed by atoms with van der Waals surface area (Å²) in [5.74, 6) is 0. The fourth-order valence-electron chi connectivity index (χ4n) is 1.82. The van der Waals surface area contributed by atoms with E-state index in [1.54, 1.807) is 0 Å². The highest BCUT2D eigenvalue weighted by molar-refractivity contribution is 9.10. The van der Waals surface area contributed by atoms with E-state index in [2.05, 4.69) is 32.2 Å². The molecule has 0 aromatic heterocycles. The van der Waals surface area contributed by atoms with Crippen LogP contribution in [0.1, 0.15) is 5.56 Å². The predicted octanol–water partition coefficient (Wildman–Crippen LogP) is 1.44. The van der Waals surface area contributed by atoms with Gasteiger partial charge in [0.1, 0.15) is 0 Å². The number of halogens is 1. The van der Waals surface area contributed by atoms with Crippen LogP contribution in [0.15, 0.2) is 22.7 Å². The Morgan fingerprint density at radius 3 is 2.73 bits per heavy atom. The summed E-state index contributed by atoms with van der Waals surface area (Å²) in [6, 6.07) is 6.20. The van der Waals surface area contributed by atoms with Gasteiger partial charge in [-0.2, -0.15) is 0 Å². The van der Waals surface area contributed by atoms with Crippen molar-refractivity contribution < 1.29 is 0 Å². The van der Waals surface area contributed by atoms with Gasteiger partial charge in [-0.1, -0.05) is 6.07 Å². The van der Waals surface area contributed by atoms with Crippen molar-refractivity contribution in [2.75, 3.05) is 31.9 Å². The summed E-state index contributed by atoms with van der Waals surface area (Å²) in [6.45, 7) is 5.42. The number of benzene rings is 1. The number of hydrogen-bond acceptors (Lipinski definition) is 3.